The van der Waals surface area contributed by atoms with Gasteiger partial charge in [0.05, 0.1) is 0 Å². The van der Waals surface area contributed by atoms with E-state index < -0.39 is 0 Å². The average molecular weight is 153 g/mol. The Bertz CT molecular complexity index is 107. The van der Waals surface area contributed by atoms with Gasteiger partial charge < -0.3 is 0 Å². The van der Waals surface area contributed by atoms with Crippen molar-refractivity contribution in [2.75, 3.05) is 0 Å². The van der Waals surface area contributed by atoms with Gasteiger partial charge in [0.15, 0.2) is 0 Å². The summed E-state index contributed by atoms with van der Waals surface area (Å²) in [4.78, 5) is 10.3. The van der Waals surface area contributed by atoms with Gasteiger partial charge in [-0.3, -0.25) is 4.79 Å². The molecule has 1 nitrogen and oxygen atoms in total. The third-order valence-corrected chi connectivity index (χ3v) is 2.07. The van der Waals surface area contributed by atoms with E-state index in [2.05, 4.69) is 0 Å². The van der Waals surface area contributed by atoms with Gasteiger partial charge in [0, 0.05) is 11.3 Å². The standard InChI is InChI=1S/C5H6Cl2O/c6-4-1-3(2-4)5(7)8/h3-4H,1-2H2. The van der Waals surface area contributed by atoms with Crippen LogP contribution in [0.4, 0.5) is 0 Å². The molecule has 0 spiro atoms. The Morgan fingerprint density at radius 3 is 2.12 bits per heavy atom. The highest BCUT2D eigenvalue weighted by molar-refractivity contribution is 6.64. The molecule has 1 fully saturated rings. The fourth-order valence-corrected chi connectivity index (χ4v) is 1.34. The molecule has 1 aliphatic carbocycles. The molecule has 0 atom stereocenters. The lowest BCUT2D eigenvalue weighted by Crippen LogP contribution is -2.28. The molecular formula is C5H6Cl2O. The highest BCUT2D eigenvalue weighted by atomic mass is 35.5. The topological polar surface area (TPSA) is 17.1 Å². The molecule has 0 heterocycles. The fourth-order valence-electron chi connectivity index (χ4n) is 0.734. The third-order valence-electron chi connectivity index (χ3n) is 1.40. The Morgan fingerprint density at radius 1 is 1.50 bits per heavy atom. The number of halogens is 2. The van der Waals surface area contributed by atoms with Crippen molar-refractivity contribution >= 4 is 28.4 Å². The van der Waals surface area contributed by atoms with Gasteiger partial charge in [0.1, 0.15) is 0 Å². The monoisotopic (exact) mass is 152 g/mol. The predicted octanol–water partition coefficient (Wildman–Crippen LogP) is 1.77. The maximum Gasteiger partial charge on any atom is 0.224 e. The minimum absolute atomic E-state index is 0.0548. The first-order chi connectivity index (χ1) is 3.70. The summed E-state index contributed by atoms with van der Waals surface area (Å²) in [5.41, 5.74) is 0. The largest absolute Gasteiger partial charge is 0.281 e. The van der Waals surface area contributed by atoms with Crippen LogP contribution in [-0.4, -0.2) is 10.6 Å². The number of hydrogen-bond donors (Lipinski definition) is 0. The minimum Gasteiger partial charge on any atom is -0.281 e. The molecular weight excluding hydrogens is 147 g/mol. The number of carbonyl (C=O) groups excluding carboxylic acids is 1. The Hall–Kier alpha value is 0.250. The zero-order chi connectivity index (χ0) is 6.15. The molecule has 46 valence electrons. The maximum atomic E-state index is 10.3. The van der Waals surface area contributed by atoms with Gasteiger partial charge in [-0.25, -0.2) is 0 Å². The molecule has 0 bridgehead atoms. The van der Waals surface area contributed by atoms with Gasteiger partial charge in [0.25, 0.3) is 0 Å². The van der Waals surface area contributed by atoms with Crippen LogP contribution in [0.15, 0.2) is 0 Å². The van der Waals surface area contributed by atoms with Gasteiger partial charge in [-0.1, -0.05) is 0 Å². The van der Waals surface area contributed by atoms with Crippen molar-refractivity contribution in [3.63, 3.8) is 0 Å². The summed E-state index contributed by atoms with van der Waals surface area (Å²) in [6.07, 6.45) is 1.54. The Kier molecular flexibility index (Phi) is 1.78. The molecule has 0 aromatic rings. The summed E-state index contributed by atoms with van der Waals surface area (Å²) >= 11 is 10.7. The van der Waals surface area contributed by atoms with E-state index in [1.165, 1.54) is 0 Å². The molecule has 0 aliphatic heterocycles. The number of alkyl halides is 1. The Balaban J connectivity index is 2.25. The van der Waals surface area contributed by atoms with Crippen molar-refractivity contribution in [2.45, 2.75) is 18.2 Å². The van der Waals surface area contributed by atoms with Crippen molar-refractivity contribution in [3.8, 4) is 0 Å². The minimum atomic E-state index is -0.234. The molecule has 0 unspecified atom stereocenters. The highest BCUT2D eigenvalue weighted by Gasteiger charge is 2.31. The quantitative estimate of drug-likeness (QED) is 0.414. The van der Waals surface area contributed by atoms with Crippen LogP contribution in [0.1, 0.15) is 12.8 Å². The molecule has 0 aromatic carbocycles. The first-order valence-electron chi connectivity index (χ1n) is 2.53. The van der Waals surface area contributed by atoms with Crippen molar-refractivity contribution < 1.29 is 4.79 Å². The van der Waals surface area contributed by atoms with Crippen molar-refractivity contribution in [1.29, 1.82) is 0 Å². The van der Waals surface area contributed by atoms with Crippen LogP contribution in [-0.2, 0) is 4.79 Å². The summed E-state index contributed by atoms with van der Waals surface area (Å²) < 4.78 is 0. The lowest BCUT2D eigenvalue weighted by atomic mass is 9.86. The summed E-state index contributed by atoms with van der Waals surface area (Å²) in [6, 6.07) is 0. The lowest BCUT2D eigenvalue weighted by molar-refractivity contribution is -0.117. The summed E-state index contributed by atoms with van der Waals surface area (Å²) in [5.74, 6) is 0.0548. The van der Waals surface area contributed by atoms with Gasteiger partial charge in [-0.2, -0.15) is 0 Å². The van der Waals surface area contributed by atoms with E-state index in [1.54, 1.807) is 0 Å². The highest BCUT2D eigenvalue weighted by Crippen LogP contribution is 2.33. The number of rotatable bonds is 1. The Morgan fingerprint density at radius 2 is 2.00 bits per heavy atom. The molecule has 0 radical (unpaired) electrons. The molecule has 1 rings (SSSR count). The zero-order valence-electron chi connectivity index (χ0n) is 4.23. The molecule has 1 aliphatic rings. The van der Waals surface area contributed by atoms with Crippen molar-refractivity contribution in [3.05, 3.63) is 0 Å². The average Bonchev–Trinajstić information content (AvgIpc) is 1.57. The van der Waals surface area contributed by atoms with E-state index in [0.29, 0.717) is 0 Å². The SMILES string of the molecule is O=C(Cl)C1CC(Cl)C1. The molecule has 8 heavy (non-hydrogen) atoms. The van der Waals surface area contributed by atoms with E-state index in [-0.39, 0.29) is 16.5 Å². The predicted molar refractivity (Wildman–Crippen MR) is 33.2 cm³/mol. The first-order valence-corrected chi connectivity index (χ1v) is 3.35. The second-order valence-corrected chi connectivity index (χ2v) is 3.06. The van der Waals surface area contributed by atoms with Gasteiger partial charge >= 0.3 is 0 Å². The van der Waals surface area contributed by atoms with Crippen LogP contribution in [0.5, 0.6) is 0 Å². The van der Waals surface area contributed by atoms with E-state index in [9.17, 15) is 4.79 Å². The molecule has 0 amide bonds. The maximum absolute atomic E-state index is 10.3. The molecule has 0 aromatic heterocycles. The third kappa shape index (κ3) is 1.15. The van der Waals surface area contributed by atoms with Gasteiger partial charge in [-0.05, 0) is 24.4 Å². The van der Waals surface area contributed by atoms with Crippen molar-refractivity contribution in [1.82, 2.24) is 0 Å². The van der Waals surface area contributed by atoms with E-state index in [4.69, 9.17) is 23.2 Å². The second kappa shape index (κ2) is 2.24. The van der Waals surface area contributed by atoms with Crippen molar-refractivity contribution in [2.24, 2.45) is 5.92 Å². The van der Waals surface area contributed by atoms with Crippen LogP contribution >= 0.6 is 23.2 Å². The van der Waals surface area contributed by atoms with Crippen LogP contribution < -0.4 is 0 Å². The zero-order valence-corrected chi connectivity index (χ0v) is 5.74. The smallest absolute Gasteiger partial charge is 0.224 e. The number of carbonyl (C=O) groups is 1. The Labute approximate surface area is 58.0 Å². The van der Waals surface area contributed by atoms with Crippen LogP contribution in [0, 0.1) is 5.92 Å². The van der Waals surface area contributed by atoms with E-state index in [0.717, 1.165) is 12.8 Å². The molecule has 0 N–H and O–H groups in total. The summed E-state index contributed by atoms with van der Waals surface area (Å²) in [7, 11) is 0. The van der Waals surface area contributed by atoms with Crippen LogP contribution in [0.25, 0.3) is 0 Å². The number of hydrogen-bond acceptors (Lipinski definition) is 1. The molecule has 0 saturated heterocycles. The second-order valence-electron chi connectivity index (χ2n) is 2.07. The summed E-state index contributed by atoms with van der Waals surface area (Å²) in [6.45, 7) is 0. The van der Waals surface area contributed by atoms with Gasteiger partial charge in [0.2, 0.25) is 5.24 Å². The lowest BCUT2D eigenvalue weighted by Gasteiger charge is -2.26. The van der Waals surface area contributed by atoms with Gasteiger partial charge in [-0.15, -0.1) is 11.6 Å². The molecule has 3 heteroatoms. The first kappa shape index (κ1) is 6.37. The van der Waals surface area contributed by atoms with Crippen LogP contribution in [0.3, 0.4) is 0 Å². The molecule has 1 saturated carbocycles. The van der Waals surface area contributed by atoms with E-state index >= 15 is 0 Å². The fraction of sp³-hybridized carbons (Fsp3) is 0.800. The van der Waals surface area contributed by atoms with Crippen LogP contribution in [0.2, 0.25) is 0 Å². The summed E-state index contributed by atoms with van der Waals surface area (Å²) in [5, 5.41) is -0.0374. The normalized spacial score (nSPS) is 36.2. The van der Waals surface area contributed by atoms with E-state index in [1.807, 2.05) is 0 Å².